The van der Waals surface area contributed by atoms with Gasteiger partial charge in [-0.2, -0.15) is 4.68 Å². The number of methoxy groups -OCH3 is 1. The Bertz CT molecular complexity index is 989. The van der Waals surface area contributed by atoms with E-state index in [9.17, 15) is 4.79 Å². The van der Waals surface area contributed by atoms with Crippen LogP contribution in [0, 0.1) is 0 Å². The second-order valence-corrected chi connectivity index (χ2v) is 8.29. The fraction of sp³-hybridized carbons (Fsp3) is 0.333. The number of carbonyl (C=O) groups excluding carboxylic acids is 1. The molecular weight excluding hydrogens is 386 g/mol. The molecule has 29 heavy (non-hydrogen) atoms. The molecule has 1 N–H and O–H groups in total. The van der Waals surface area contributed by atoms with Crippen molar-refractivity contribution in [1.29, 1.82) is 0 Å². The van der Waals surface area contributed by atoms with Crippen molar-refractivity contribution >= 4 is 17.7 Å². The molecular formula is C21H23N5O2S. The van der Waals surface area contributed by atoms with Crippen LogP contribution in [0.4, 0.5) is 0 Å². The molecule has 2 aromatic carbocycles. The van der Waals surface area contributed by atoms with Crippen molar-refractivity contribution in [3.63, 3.8) is 0 Å². The van der Waals surface area contributed by atoms with Gasteiger partial charge < -0.3 is 10.1 Å². The summed E-state index contributed by atoms with van der Waals surface area (Å²) in [4.78, 5) is 12.9. The number of carbonyl (C=O) groups is 1. The van der Waals surface area contributed by atoms with Gasteiger partial charge >= 0.3 is 0 Å². The Morgan fingerprint density at radius 1 is 1.24 bits per heavy atom. The van der Waals surface area contributed by atoms with E-state index < -0.39 is 0 Å². The highest BCUT2D eigenvalue weighted by molar-refractivity contribution is 8.00. The molecule has 4 rings (SSSR count). The van der Waals surface area contributed by atoms with Gasteiger partial charge in [0.05, 0.1) is 24.1 Å². The zero-order chi connectivity index (χ0) is 20.2. The van der Waals surface area contributed by atoms with E-state index in [1.807, 2.05) is 37.3 Å². The first kappa shape index (κ1) is 19.4. The zero-order valence-corrected chi connectivity index (χ0v) is 17.2. The minimum atomic E-state index is -0.327. The Labute approximate surface area is 173 Å². The van der Waals surface area contributed by atoms with Gasteiger partial charge in [0.15, 0.2) is 0 Å². The third-order valence-electron chi connectivity index (χ3n) is 5.10. The minimum absolute atomic E-state index is 0.0130. The van der Waals surface area contributed by atoms with Gasteiger partial charge in [-0.3, -0.25) is 4.79 Å². The first-order valence-electron chi connectivity index (χ1n) is 9.63. The second-order valence-electron chi connectivity index (χ2n) is 6.98. The summed E-state index contributed by atoms with van der Waals surface area (Å²) >= 11 is 1.34. The highest BCUT2D eigenvalue weighted by atomic mass is 32.2. The lowest BCUT2D eigenvalue weighted by Gasteiger charge is -2.27. The molecule has 0 aliphatic heterocycles. The van der Waals surface area contributed by atoms with E-state index in [2.05, 4.69) is 39.0 Å². The van der Waals surface area contributed by atoms with Gasteiger partial charge in [-0.25, -0.2) is 0 Å². The van der Waals surface area contributed by atoms with E-state index >= 15 is 0 Å². The number of tetrazole rings is 1. The summed E-state index contributed by atoms with van der Waals surface area (Å²) in [5.74, 6) is 0.748. The number of fused-ring (bicyclic) bond motifs is 1. The number of hydrogen-bond acceptors (Lipinski definition) is 6. The number of aromatic nitrogens is 4. The van der Waals surface area contributed by atoms with Gasteiger partial charge in [-0.15, -0.1) is 5.10 Å². The molecule has 1 aliphatic carbocycles. The van der Waals surface area contributed by atoms with Crippen LogP contribution in [0.1, 0.15) is 36.9 Å². The first-order valence-corrected chi connectivity index (χ1v) is 10.5. The van der Waals surface area contributed by atoms with Gasteiger partial charge in [-0.05, 0) is 72.0 Å². The molecule has 0 saturated carbocycles. The quantitative estimate of drug-likeness (QED) is 0.629. The van der Waals surface area contributed by atoms with Crippen LogP contribution in [0.15, 0.2) is 53.7 Å². The summed E-state index contributed by atoms with van der Waals surface area (Å²) < 4.78 is 6.82. The van der Waals surface area contributed by atoms with Gasteiger partial charge in [0.25, 0.3) is 0 Å². The number of ether oxygens (including phenoxy) is 1. The molecule has 8 heteroatoms. The Morgan fingerprint density at radius 2 is 2.03 bits per heavy atom. The van der Waals surface area contributed by atoms with Crippen molar-refractivity contribution < 1.29 is 9.53 Å². The Balaban J connectivity index is 1.44. The van der Waals surface area contributed by atoms with E-state index in [0.717, 1.165) is 30.7 Å². The SMILES string of the molecule is COc1ccc(-n2nnnc2S[C@H](C)C(=O)N[C@@H]2CCCc3ccccc32)cc1. The van der Waals surface area contributed by atoms with Crippen LogP contribution in [0.2, 0.25) is 0 Å². The number of rotatable bonds is 6. The van der Waals surface area contributed by atoms with Gasteiger partial charge in [-0.1, -0.05) is 36.0 Å². The van der Waals surface area contributed by atoms with Crippen molar-refractivity contribution in [2.24, 2.45) is 0 Å². The zero-order valence-electron chi connectivity index (χ0n) is 16.4. The predicted octanol–water partition coefficient (Wildman–Crippen LogP) is 3.35. The first-order chi connectivity index (χ1) is 14.2. The van der Waals surface area contributed by atoms with Crippen LogP contribution in [-0.2, 0) is 11.2 Å². The highest BCUT2D eigenvalue weighted by Gasteiger charge is 2.25. The number of benzene rings is 2. The monoisotopic (exact) mass is 409 g/mol. The number of thioether (sulfide) groups is 1. The number of amides is 1. The standard InChI is InChI=1S/C21H23N5O2S/c1-14(20(27)22-19-9-5-7-15-6-3-4-8-18(15)19)29-21-23-24-25-26(21)16-10-12-17(28-2)13-11-16/h3-4,6,8,10-14,19H,5,7,9H2,1-2H3,(H,22,27)/t14-,19-/m1/s1. The van der Waals surface area contributed by atoms with Crippen molar-refractivity contribution in [1.82, 2.24) is 25.5 Å². The number of hydrogen-bond donors (Lipinski definition) is 1. The number of nitrogens with one attached hydrogen (secondary N) is 1. The van der Waals surface area contributed by atoms with Crippen molar-refractivity contribution in [3.8, 4) is 11.4 Å². The molecule has 3 aromatic rings. The summed E-state index contributed by atoms with van der Waals surface area (Å²) in [5, 5.41) is 15.4. The third kappa shape index (κ3) is 4.27. The largest absolute Gasteiger partial charge is 0.497 e. The molecule has 1 aromatic heterocycles. The van der Waals surface area contributed by atoms with E-state index in [0.29, 0.717) is 5.16 Å². The fourth-order valence-corrected chi connectivity index (χ4v) is 4.36. The smallest absolute Gasteiger partial charge is 0.233 e. The lowest BCUT2D eigenvalue weighted by atomic mass is 9.88. The molecule has 7 nitrogen and oxygen atoms in total. The average molecular weight is 410 g/mol. The van der Waals surface area contributed by atoms with E-state index in [-0.39, 0.29) is 17.2 Å². The van der Waals surface area contributed by atoms with E-state index in [1.165, 1.54) is 22.9 Å². The van der Waals surface area contributed by atoms with Crippen LogP contribution in [0.25, 0.3) is 5.69 Å². The molecule has 0 bridgehead atoms. The number of aryl methyl sites for hydroxylation is 1. The van der Waals surface area contributed by atoms with Crippen molar-refractivity contribution in [3.05, 3.63) is 59.7 Å². The molecule has 0 spiro atoms. The minimum Gasteiger partial charge on any atom is -0.497 e. The normalized spacial score (nSPS) is 16.7. The summed E-state index contributed by atoms with van der Waals surface area (Å²) in [6.45, 7) is 1.88. The molecule has 1 heterocycles. The summed E-state index contributed by atoms with van der Waals surface area (Å²) in [5.41, 5.74) is 3.37. The van der Waals surface area contributed by atoms with Crippen LogP contribution < -0.4 is 10.1 Å². The Kier molecular flexibility index (Phi) is 5.80. The summed E-state index contributed by atoms with van der Waals surface area (Å²) in [7, 11) is 1.62. The molecule has 2 atom stereocenters. The molecule has 150 valence electrons. The average Bonchev–Trinajstić information content (AvgIpc) is 3.22. The predicted molar refractivity (Wildman–Crippen MR) is 111 cm³/mol. The maximum absolute atomic E-state index is 12.9. The summed E-state index contributed by atoms with van der Waals surface area (Å²) in [6, 6.07) is 15.9. The van der Waals surface area contributed by atoms with Gasteiger partial charge in [0.1, 0.15) is 5.75 Å². The van der Waals surface area contributed by atoms with Crippen molar-refractivity contribution in [2.75, 3.05) is 7.11 Å². The molecule has 0 radical (unpaired) electrons. The lowest BCUT2D eigenvalue weighted by molar-refractivity contribution is -0.121. The van der Waals surface area contributed by atoms with Crippen molar-refractivity contribution in [2.45, 2.75) is 42.6 Å². The molecule has 1 aliphatic rings. The maximum atomic E-state index is 12.9. The Hall–Kier alpha value is -2.87. The molecule has 1 amide bonds. The summed E-state index contributed by atoms with van der Waals surface area (Å²) in [6.07, 6.45) is 3.12. The molecule has 0 fully saturated rings. The highest BCUT2D eigenvalue weighted by Crippen LogP contribution is 2.30. The van der Waals surface area contributed by atoms with Gasteiger partial charge in [0, 0.05) is 0 Å². The second kappa shape index (κ2) is 8.65. The van der Waals surface area contributed by atoms with E-state index in [4.69, 9.17) is 4.74 Å². The number of nitrogens with zero attached hydrogens (tertiary/aromatic N) is 4. The molecule has 0 saturated heterocycles. The molecule has 0 unspecified atom stereocenters. The maximum Gasteiger partial charge on any atom is 0.233 e. The van der Waals surface area contributed by atoms with Crippen LogP contribution in [-0.4, -0.2) is 38.5 Å². The van der Waals surface area contributed by atoms with Crippen LogP contribution in [0.3, 0.4) is 0 Å². The van der Waals surface area contributed by atoms with Crippen LogP contribution >= 0.6 is 11.8 Å². The van der Waals surface area contributed by atoms with Gasteiger partial charge in [0.2, 0.25) is 11.1 Å². The third-order valence-corrected chi connectivity index (χ3v) is 6.13. The lowest BCUT2D eigenvalue weighted by Crippen LogP contribution is -2.36. The Morgan fingerprint density at radius 3 is 2.83 bits per heavy atom. The van der Waals surface area contributed by atoms with E-state index in [1.54, 1.807) is 11.8 Å². The fourth-order valence-electron chi connectivity index (χ4n) is 3.54. The van der Waals surface area contributed by atoms with Crippen LogP contribution in [0.5, 0.6) is 5.75 Å². The topological polar surface area (TPSA) is 81.9 Å².